The fraction of sp³-hybridized carbons (Fsp3) is 0.619. The lowest BCUT2D eigenvalue weighted by molar-refractivity contribution is -0.126. The Hall–Kier alpha value is -2.08. The van der Waals surface area contributed by atoms with E-state index in [9.17, 15) is 9.59 Å². The molecule has 1 atom stereocenters. The summed E-state index contributed by atoms with van der Waals surface area (Å²) in [6.07, 6.45) is 3.99. The van der Waals surface area contributed by atoms with Crippen molar-refractivity contribution in [2.75, 3.05) is 32.7 Å². The van der Waals surface area contributed by atoms with E-state index in [1.165, 1.54) is 12.8 Å². The Bertz CT molecular complexity index is 608. The molecule has 148 valence electrons. The minimum absolute atomic E-state index is 0.00119. The molecule has 3 amide bonds. The van der Waals surface area contributed by atoms with Gasteiger partial charge in [-0.25, -0.2) is 4.79 Å². The summed E-state index contributed by atoms with van der Waals surface area (Å²) >= 11 is 0. The van der Waals surface area contributed by atoms with E-state index in [0.717, 1.165) is 31.5 Å². The molecule has 2 fully saturated rings. The SMILES string of the molecule is C[C@H](CNC(=O)N1CCC(C(=O)NCc2ccccc2)CC1)N1CCCC1. The van der Waals surface area contributed by atoms with Crippen LogP contribution in [0.2, 0.25) is 0 Å². The Labute approximate surface area is 162 Å². The Morgan fingerprint density at radius 3 is 2.37 bits per heavy atom. The highest BCUT2D eigenvalue weighted by atomic mass is 16.2. The van der Waals surface area contributed by atoms with Crippen LogP contribution < -0.4 is 10.6 Å². The van der Waals surface area contributed by atoms with Crippen molar-refractivity contribution >= 4 is 11.9 Å². The molecule has 2 N–H and O–H groups in total. The Balaban J connectivity index is 1.35. The van der Waals surface area contributed by atoms with Crippen LogP contribution in [0.5, 0.6) is 0 Å². The van der Waals surface area contributed by atoms with Gasteiger partial charge in [-0.1, -0.05) is 30.3 Å². The van der Waals surface area contributed by atoms with Gasteiger partial charge in [0.05, 0.1) is 0 Å². The van der Waals surface area contributed by atoms with Crippen molar-refractivity contribution in [2.45, 2.75) is 45.2 Å². The summed E-state index contributed by atoms with van der Waals surface area (Å²) in [6.45, 7) is 7.00. The highest BCUT2D eigenvalue weighted by molar-refractivity contribution is 5.79. The second kappa shape index (κ2) is 9.74. The number of nitrogens with one attached hydrogen (secondary N) is 2. The number of carbonyl (C=O) groups is 2. The maximum atomic E-state index is 12.4. The first-order chi connectivity index (χ1) is 13.1. The van der Waals surface area contributed by atoms with Gasteiger partial charge in [-0.05, 0) is 51.3 Å². The number of benzene rings is 1. The van der Waals surface area contributed by atoms with E-state index in [4.69, 9.17) is 0 Å². The summed E-state index contributed by atoms with van der Waals surface area (Å²) in [4.78, 5) is 29.1. The molecule has 0 aliphatic carbocycles. The molecule has 0 saturated carbocycles. The predicted molar refractivity (Wildman–Crippen MR) is 106 cm³/mol. The molecule has 3 rings (SSSR count). The zero-order valence-corrected chi connectivity index (χ0v) is 16.3. The van der Waals surface area contributed by atoms with E-state index in [-0.39, 0.29) is 17.9 Å². The van der Waals surface area contributed by atoms with Crippen LogP contribution in [0.25, 0.3) is 0 Å². The molecule has 2 aliphatic heterocycles. The quantitative estimate of drug-likeness (QED) is 0.805. The maximum Gasteiger partial charge on any atom is 0.317 e. The van der Waals surface area contributed by atoms with E-state index >= 15 is 0 Å². The number of urea groups is 1. The van der Waals surface area contributed by atoms with Crippen LogP contribution >= 0.6 is 0 Å². The Kier molecular flexibility index (Phi) is 7.10. The second-order valence-electron chi connectivity index (χ2n) is 7.74. The number of piperidine rings is 1. The van der Waals surface area contributed by atoms with Crippen molar-refractivity contribution in [1.29, 1.82) is 0 Å². The number of hydrogen-bond donors (Lipinski definition) is 2. The number of likely N-dealkylation sites (tertiary alicyclic amines) is 2. The molecule has 1 aromatic carbocycles. The number of amides is 3. The van der Waals surface area contributed by atoms with Crippen LogP contribution in [0, 0.1) is 5.92 Å². The molecule has 0 bridgehead atoms. The van der Waals surface area contributed by atoms with Crippen molar-refractivity contribution in [2.24, 2.45) is 5.92 Å². The van der Waals surface area contributed by atoms with Gasteiger partial charge in [0.1, 0.15) is 0 Å². The van der Waals surface area contributed by atoms with Crippen LogP contribution in [0.15, 0.2) is 30.3 Å². The third kappa shape index (κ3) is 5.70. The smallest absolute Gasteiger partial charge is 0.317 e. The number of nitrogens with zero attached hydrogens (tertiary/aromatic N) is 2. The fourth-order valence-electron chi connectivity index (χ4n) is 3.93. The maximum absolute atomic E-state index is 12.4. The first-order valence-electron chi connectivity index (χ1n) is 10.2. The monoisotopic (exact) mass is 372 g/mol. The van der Waals surface area contributed by atoms with Crippen LogP contribution in [0.4, 0.5) is 4.79 Å². The Morgan fingerprint density at radius 2 is 1.70 bits per heavy atom. The molecule has 0 unspecified atom stereocenters. The summed E-state index contributed by atoms with van der Waals surface area (Å²) in [6, 6.07) is 10.3. The predicted octanol–water partition coefficient (Wildman–Crippen LogP) is 2.21. The van der Waals surface area contributed by atoms with Gasteiger partial charge in [0, 0.05) is 38.1 Å². The van der Waals surface area contributed by atoms with Crippen molar-refractivity contribution in [3.05, 3.63) is 35.9 Å². The summed E-state index contributed by atoms with van der Waals surface area (Å²) < 4.78 is 0. The zero-order valence-electron chi connectivity index (χ0n) is 16.3. The minimum atomic E-state index is 0.00119. The number of hydrogen-bond acceptors (Lipinski definition) is 3. The zero-order chi connectivity index (χ0) is 19.1. The molecule has 2 saturated heterocycles. The summed E-state index contributed by atoms with van der Waals surface area (Å²) in [5.74, 6) is 0.0999. The fourth-order valence-corrected chi connectivity index (χ4v) is 3.93. The third-order valence-electron chi connectivity index (χ3n) is 5.78. The first-order valence-corrected chi connectivity index (χ1v) is 10.2. The topological polar surface area (TPSA) is 64.7 Å². The van der Waals surface area contributed by atoms with E-state index < -0.39 is 0 Å². The molecule has 6 nitrogen and oxygen atoms in total. The van der Waals surface area contributed by atoms with Crippen LogP contribution in [-0.4, -0.2) is 60.5 Å². The van der Waals surface area contributed by atoms with Crippen molar-refractivity contribution in [1.82, 2.24) is 20.4 Å². The van der Waals surface area contributed by atoms with Crippen LogP contribution in [0.3, 0.4) is 0 Å². The summed E-state index contributed by atoms with van der Waals surface area (Å²) in [5, 5.41) is 6.09. The minimum Gasteiger partial charge on any atom is -0.352 e. The van der Waals surface area contributed by atoms with Gasteiger partial charge in [-0.2, -0.15) is 0 Å². The molecule has 1 aromatic rings. The normalized spacial score (nSPS) is 19.7. The van der Waals surface area contributed by atoms with Gasteiger partial charge in [-0.15, -0.1) is 0 Å². The van der Waals surface area contributed by atoms with Gasteiger partial charge >= 0.3 is 6.03 Å². The van der Waals surface area contributed by atoms with Gasteiger partial charge in [-0.3, -0.25) is 9.69 Å². The molecule has 27 heavy (non-hydrogen) atoms. The van der Waals surface area contributed by atoms with Crippen LogP contribution in [0.1, 0.15) is 38.2 Å². The molecular formula is C21H32N4O2. The second-order valence-corrected chi connectivity index (χ2v) is 7.74. The highest BCUT2D eigenvalue weighted by Crippen LogP contribution is 2.18. The van der Waals surface area contributed by atoms with Gasteiger partial charge < -0.3 is 15.5 Å². The van der Waals surface area contributed by atoms with Crippen molar-refractivity contribution in [3.63, 3.8) is 0 Å². The average Bonchev–Trinajstić information content (AvgIpc) is 3.26. The van der Waals surface area contributed by atoms with Gasteiger partial charge in [0.2, 0.25) is 5.91 Å². The number of carbonyl (C=O) groups excluding carboxylic acids is 2. The van der Waals surface area contributed by atoms with Crippen molar-refractivity contribution < 1.29 is 9.59 Å². The average molecular weight is 373 g/mol. The molecule has 2 heterocycles. The molecule has 6 heteroatoms. The third-order valence-corrected chi connectivity index (χ3v) is 5.78. The highest BCUT2D eigenvalue weighted by Gasteiger charge is 2.27. The lowest BCUT2D eigenvalue weighted by Gasteiger charge is -2.32. The van der Waals surface area contributed by atoms with E-state index in [0.29, 0.717) is 32.2 Å². The largest absolute Gasteiger partial charge is 0.352 e. The molecule has 0 aromatic heterocycles. The molecular weight excluding hydrogens is 340 g/mol. The first kappa shape index (κ1) is 19.7. The number of rotatable bonds is 6. The van der Waals surface area contributed by atoms with Gasteiger partial charge in [0.15, 0.2) is 0 Å². The van der Waals surface area contributed by atoms with Gasteiger partial charge in [0.25, 0.3) is 0 Å². The van der Waals surface area contributed by atoms with E-state index in [2.05, 4.69) is 22.5 Å². The summed E-state index contributed by atoms with van der Waals surface area (Å²) in [7, 11) is 0. The molecule has 0 spiro atoms. The lowest BCUT2D eigenvalue weighted by Crippen LogP contribution is -2.49. The molecule has 2 aliphatic rings. The Morgan fingerprint density at radius 1 is 1.04 bits per heavy atom. The summed E-state index contributed by atoms with van der Waals surface area (Å²) in [5.41, 5.74) is 1.11. The van der Waals surface area contributed by atoms with E-state index in [1.807, 2.05) is 35.2 Å². The van der Waals surface area contributed by atoms with Crippen molar-refractivity contribution in [3.8, 4) is 0 Å². The van der Waals surface area contributed by atoms with E-state index in [1.54, 1.807) is 0 Å². The standard InChI is InChI=1S/C21H32N4O2/c1-17(24-11-5-6-12-24)15-23-21(27)25-13-9-19(10-14-25)20(26)22-16-18-7-3-2-4-8-18/h2-4,7-8,17,19H,5-6,9-16H2,1H3,(H,22,26)(H,23,27)/t17-/m1/s1. The lowest BCUT2D eigenvalue weighted by atomic mass is 9.96. The van der Waals surface area contributed by atoms with Crippen LogP contribution in [-0.2, 0) is 11.3 Å². The molecule has 0 radical (unpaired) electrons.